The van der Waals surface area contributed by atoms with Crippen LogP contribution in [-0.2, 0) is 0 Å². The maximum atomic E-state index is 7.27. The smallest absolute Gasteiger partial charge is 0.167 e. The van der Waals surface area contributed by atoms with Gasteiger partial charge in [-0.15, -0.1) is 0 Å². The molecule has 2 unspecified atom stereocenters. The molecule has 1 aliphatic carbocycles. The number of aromatic nitrogens is 4. The Morgan fingerprint density at radius 3 is 1.51 bits per heavy atom. The fourth-order valence-corrected chi connectivity index (χ4v) is 10.1. The topological polar surface area (TPSA) is 52.8 Å². The van der Waals surface area contributed by atoms with Crippen LogP contribution in [0.2, 0.25) is 0 Å². The molecule has 0 amide bonds. The molecule has 320 valence electrons. The summed E-state index contributed by atoms with van der Waals surface area (Å²) in [7, 11) is 0. The summed E-state index contributed by atoms with van der Waals surface area (Å²) in [6.07, 6.45) is 4.36. The Labute approximate surface area is 395 Å². The summed E-state index contributed by atoms with van der Waals surface area (Å²) in [6, 6.07) is 81.1. The van der Waals surface area contributed by atoms with Crippen LogP contribution in [0.25, 0.3) is 101 Å². The largest absolute Gasteiger partial charge is 0.484 e. The van der Waals surface area contributed by atoms with Crippen LogP contribution in [0.15, 0.2) is 237 Å². The van der Waals surface area contributed by atoms with Gasteiger partial charge < -0.3 is 9.30 Å². The van der Waals surface area contributed by atoms with Crippen molar-refractivity contribution in [1.29, 1.82) is 0 Å². The van der Waals surface area contributed by atoms with Gasteiger partial charge in [0, 0.05) is 39.2 Å². The lowest BCUT2D eigenvalue weighted by Gasteiger charge is -2.22. The van der Waals surface area contributed by atoms with Gasteiger partial charge in [0.15, 0.2) is 17.5 Å². The second-order valence-corrected chi connectivity index (χ2v) is 17.5. The molecule has 11 aromatic rings. The molecule has 0 saturated heterocycles. The Hall–Kier alpha value is -8.93. The fraction of sp³-hybridized carbons (Fsp3) is 0.0317. The molecule has 9 aromatic carbocycles. The van der Waals surface area contributed by atoms with Gasteiger partial charge in [-0.1, -0.05) is 200 Å². The van der Waals surface area contributed by atoms with Gasteiger partial charge in [-0.2, -0.15) is 0 Å². The molecule has 1 aliphatic heterocycles. The Bertz CT molecular complexity index is 3690. The third-order valence-corrected chi connectivity index (χ3v) is 13.5. The van der Waals surface area contributed by atoms with Gasteiger partial charge in [-0.3, -0.25) is 0 Å². The van der Waals surface area contributed by atoms with E-state index in [0.717, 1.165) is 67.2 Å². The standard InChI is InChI=1S/C63H42N4O/c1-4-15-41(16-5-1)44-29-31-46(32-30-44)61-64-62(50-24-13-23-49(40-50)43-19-8-3-9-20-43)66-63(65-61)55-27-14-26-52-53-37-38-57-58(60(53)68-59(52)55)54-25-10-11-28-56(54)67(57)51-35-33-45(34-36-51)48-22-12-21-47(39-48)42-17-6-2-7-18-42/h1-40,53,60H. The minimum Gasteiger partial charge on any atom is -0.484 e. The Balaban J connectivity index is 0.887. The molecule has 2 atom stereocenters. The Morgan fingerprint density at radius 1 is 0.382 bits per heavy atom. The van der Waals surface area contributed by atoms with Crippen molar-refractivity contribution in [3.8, 4) is 90.1 Å². The van der Waals surface area contributed by atoms with E-state index in [1.807, 2.05) is 12.1 Å². The van der Waals surface area contributed by atoms with E-state index in [1.54, 1.807) is 0 Å². The lowest BCUT2D eigenvalue weighted by molar-refractivity contribution is 0.225. The van der Waals surface area contributed by atoms with Gasteiger partial charge >= 0.3 is 0 Å². The first kappa shape index (κ1) is 39.4. The Kier molecular flexibility index (Phi) is 9.57. The first-order valence-electron chi connectivity index (χ1n) is 23.2. The predicted molar refractivity (Wildman–Crippen MR) is 276 cm³/mol. The summed E-state index contributed by atoms with van der Waals surface area (Å²) < 4.78 is 9.65. The number of benzene rings is 9. The van der Waals surface area contributed by atoms with Crippen LogP contribution in [0, 0.1) is 0 Å². The normalized spacial score (nSPS) is 14.5. The van der Waals surface area contributed by atoms with Gasteiger partial charge in [0.05, 0.1) is 16.8 Å². The summed E-state index contributed by atoms with van der Waals surface area (Å²) in [5.41, 5.74) is 17.6. The maximum Gasteiger partial charge on any atom is 0.167 e. The summed E-state index contributed by atoms with van der Waals surface area (Å²) in [6.45, 7) is 0. The summed E-state index contributed by atoms with van der Waals surface area (Å²) in [4.78, 5) is 15.7. The molecular formula is C63H42N4O. The van der Waals surface area contributed by atoms with Crippen molar-refractivity contribution in [2.24, 2.45) is 0 Å². The lowest BCUT2D eigenvalue weighted by Crippen LogP contribution is -2.13. The molecule has 0 N–H and O–H groups in total. The Morgan fingerprint density at radius 2 is 0.853 bits per heavy atom. The zero-order chi connectivity index (χ0) is 45.0. The van der Waals surface area contributed by atoms with Crippen molar-refractivity contribution in [3.63, 3.8) is 0 Å². The molecule has 13 rings (SSSR count). The van der Waals surface area contributed by atoms with Crippen molar-refractivity contribution in [2.45, 2.75) is 12.0 Å². The monoisotopic (exact) mass is 870 g/mol. The second-order valence-electron chi connectivity index (χ2n) is 17.5. The number of fused-ring (bicyclic) bond motifs is 7. The van der Waals surface area contributed by atoms with Gasteiger partial charge in [-0.25, -0.2) is 15.0 Å². The van der Waals surface area contributed by atoms with Crippen molar-refractivity contribution in [3.05, 3.63) is 253 Å². The molecule has 0 bridgehead atoms. The molecule has 5 heteroatoms. The number of ether oxygens (including phenoxy) is 1. The van der Waals surface area contributed by atoms with E-state index in [4.69, 9.17) is 19.7 Å². The highest BCUT2D eigenvalue weighted by Crippen LogP contribution is 2.55. The highest BCUT2D eigenvalue weighted by atomic mass is 16.5. The number of hydrogen-bond donors (Lipinski definition) is 0. The molecule has 3 heterocycles. The highest BCUT2D eigenvalue weighted by Gasteiger charge is 2.41. The number of nitrogens with zero attached hydrogens (tertiary/aromatic N) is 4. The minimum absolute atomic E-state index is 0.00448. The average molecular weight is 871 g/mol. The van der Waals surface area contributed by atoms with Crippen molar-refractivity contribution < 1.29 is 4.74 Å². The van der Waals surface area contributed by atoms with Crippen LogP contribution in [0.5, 0.6) is 5.75 Å². The van der Waals surface area contributed by atoms with Crippen LogP contribution in [0.1, 0.15) is 28.8 Å². The molecule has 0 fully saturated rings. The van der Waals surface area contributed by atoms with E-state index >= 15 is 0 Å². The number of para-hydroxylation sites is 2. The van der Waals surface area contributed by atoms with E-state index in [9.17, 15) is 0 Å². The van der Waals surface area contributed by atoms with Gasteiger partial charge in [0.1, 0.15) is 11.9 Å². The van der Waals surface area contributed by atoms with E-state index < -0.39 is 0 Å². The quantitative estimate of drug-likeness (QED) is 0.153. The van der Waals surface area contributed by atoms with Crippen molar-refractivity contribution >= 4 is 17.0 Å². The van der Waals surface area contributed by atoms with Crippen LogP contribution in [-0.4, -0.2) is 19.5 Å². The second kappa shape index (κ2) is 16.5. The molecule has 0 radical (unpaired) electrons. The number of hydrogen-bond acceptors (Lipinski definition) is 4. The molecule has 0 spiro atoms. The van der Waals surface area contributed by atoms with Crippen LogP contribution in [0.4, 0.5) is 0 Å². The minimum atomic E-state index is -0.244. The van der Waals surface area contributed by atoms with Gasteiger partial charge in [0.2, 0.25) is 0 Å². The summed E-state index contributed by atoms with van der Waals surface area (Å²) >= 11 is 0. The lowest BCUT2D eigenvalue weighted by atomic mass is 9.85. The predicted octanol–water partition coefficient (Wildman–Crippen LogP) is 15.7. The van der Waals surface area contributed by atoms with Gasteiger partial charge in [0.25, 0.3) is 0 Å². The summed E-state index contributed by atoms with van der Waals surface area (Å²) in [5.74, 6) is 2.58. The first-order valence-corrected chi connectivity index (χ1v) is 23.2. The fourth-order valence-electron chi connectivity index (χ4n) is 10.1. The van der Waals surface area contributed by atoms with Crippen LogP contribution < -0.4 is 4.74 Å². The SMILES string of the molecule is C1=CC2c3cccc(-c4nc(-c5ccc(-c6ccccc6)cc5)nc(-c5cccc(-c6ccccc6)c5)n4)c3OC2c2c1n(-c1ccc(-c3cccc(-c4ccccc4)c3)cc1)c1ccccc21. The van der Waals surface area contributed by atoms with E-state index in [1.165, 1.54) is 33.2 Å². The molecule has 0 saturated carbocycles. The third kappa shape index (κ3) is 6.92. The van der Waals surface area contributed by atoms with E-state index in [2.05, 4.69) is 235 Å². The first-order chi connectivity index (χ1) is 33.7. The third-order valence-electron chi connectivity index (χ3n) is 13.5. The average Bonchev–Trinajstić information content (AvgIpc) is 3.98. The van der Waals surface area contributed by atoms with E-state index in [0.29, 0.717) is 17.5 Å². The zero-order valence-electron chi connectivity index (χ0n) is 36.9. The summed E-state index contributed by atoms with van der Waals surface area (Å²) in [5, 5.41) is 1.18. The molecule has 2 aromatic heterocycles. The maximum absolute atomic E-state index is 7.27. The molecule has 2 aliphatic rings. The van der Waals surface area contributed by atoms with Crippen molar-refractivity contribution in [2.75, 3.05) is 0 Å². The van der Waals surface area contributed by atoms with Crippen LogP contribution in [0.3, 0.4) is 0 Å². The molecule has 5 nitrogen and oxygen atoms in total. The highest BCUT2D eigenvalue weighted by molar-refractivity contribution is 5.92. The zero-order valence-corrected chi connectivity index (χ0v) is 36.9. The van der Waals surface area contributed by atoms with Gasteiger partial charge in [-0.05, 0) is 87.0 Å². The molecular weight excluding hydrogens is 829 g/mol. The molecule has 68 heavy (non-hydrogen) atoms. The van der Waals surface area contributed by atoms with Crippen LogP contribution >= 0.6 is 0 Å². The van der Waals surface area contributed by atoms with Crippen molar-refractivity contribution in [1.82, 2.24) is 19.5 Å². The van der Waals surface area contributed by atoms with E-state index in [-0.39, 0.29) is 12.0 Å². The number of rotatable bonds is 8.